The van der Waals surface area contributed by atoms with E-state index < -0.39 is 11.6 Å². The number of nitrogens with zero attached hydrogens (tertiary/aromatic N) is 1. The van der Waals surface area contributed by atoms with Gasteiger partial charge in [-0.3, -0.25) is 9.69 Å². The maximum atomic E-state index is 13.4. The summed E-state index contributed by atoms with van der Waals surface area (Å²) in [6.07, 6.45) is 2.03. The molecular weight excluding hydrogens is 236 g/mol. The number of benzene rings is 1. The molecule has 0 fully saturated rings. The molecule has 4 heteroatoms. The minimum atomic E-state index is -0.659. The first kappa shape index (κ1) is 14.8. The number of halogens is 2. The van der Waals surface area contributed by atoms with Crippen LogP contribution in [0.15, 0.2) is 18.2 Å². The highest BCUT2D eigenvalue weighted by Gasteiger charge is 2.15. The lowest BCUT2D eigenvalue weighted by Gasteiger charge is -2.19. The van der Waals surface area contributed by atoms with E-state index in [0.29, 0.717) is 0 Å². The van der Waals surface area contributed by atoms with E-state index in [1.165, 1.54) is 0 Å². The molecule has 0 spiro atoms. The van der Waals surface area contributed by atoms with Gasteiger partial charge in [0.2, 0.25) is 0 Å². The third kappa shape index (κ3) is 4.18. The van der Waals surface area contributed by atoms with Crippen molar-refractivity contribution in [1.29, 1.82) is 0 Å². The molecule has 0 atom stereocenters. The second-order valence-corrected chi connectivity index (χ2v) is 4.27. The third-order valence-electron chi connectivity index (χ3n) is 2.87. The van der Waals surface area contributed by atoms with Crippen LogP contribution in [0.25, 0.3) is 0 Å². The van der Waals surface area contributed by atoms with E-state index in [1.807, 2.05) is 11.8 Å². The lowest BCUT2D eigenvalue weighted by Crippen LogP contribution is -2.31. The molecule has 2 nitrogen and oxygen atoms in total. The van der Waals surface area contributed by atoms with E-state index in [9.17, 15) is 13.6 Å². The number of hydrogen-bond donors (Lipinski definition) is 0. The highest BCUT2D eigenvalue weighted by molar-refractivity contribution is 5.97. The first-order valence-electron chi connectivity index (χ1n) is 6.29. The molecule has 0 aromatic heterocycles. The first-order chi connectivity index (χ1) is 8.58. The van der Waals surface area contributed by atoms with E-state index in [-0.39, 0.29) is 17.9 Å². The fourth-order valence-electron chi connectivity index (χ4n) is 1.73. The monoisotopic (exact) mass is 255 g/mol. The highest BCUT2D eigenvalue weighted by Crippen LogP contribution is 2.11. The van der Waals surface area contributed by atoms with E-state index in [2.05, 4.69) is 6.92 Å². The molecule has 0 saturated heterocycles. The zero-order valence-corrected chi connectivity index (χ0v) is 10.9. The molecule has 0 unspecified atom stereocenters. The highest BCUT2D eigenvalue weighted by atomic mass is 19.1. The van der Waals surface area contributed by atoms with Crippen molar-refractivity contribution in [3.63, 3.8) is 0 Å². The van der Waals surface area contributed by atoms with Crippen LogP contribution in [0.5, 0.6) is 0 Å². The van der Waals surface area contributed by atoms with Gasteiger partial charge >= 0.3 is 0 Å². The predicted molar refractivity (Wildman–Crippen MR) is 67.7 cm³/mol. The van der Waals surface area contributed by atoms with E-state index in [4.69, 9.17) is 0 Å². The largest absolute Gasteiger partial charge is 0.296 e. The smallest absolute Gasteiger partial charge is 0.179 e. The van der Waals surface area contributed by atoms with E-state index >= 15 is 0 Å². The van der Waals surface area contributed by atoms with Crippen molar-refractivity contribution >= 4 is 5.78 Å². The van der Waals surface area contributed by atoms with Crippen molar-refractivity contribution in [2.45, 2.75) is 26.7 Å². The van der Waals surface area contributed by atoms with Crippen molar-refractivity contribution in [3.05, 3.63) is 35.4 Å². The number of unbranched alkanes of at least 4 members (excludes halogenated alkanes) is 1. The van der Waals surface area contributed by atoms with Gasteiger partial charge in [0.1, 0.15) is 11.6 Å². The van der Waals surface area contributed by atoms with E-state index in [1.54, 1.807) is 0 Å². The topological polar surface area (TPSA) is 20.3 Å². The summed E-state index contributed by atoms with van der Waals surface area (Å²) in [5, 5.41) is 0. The number of likely N-dealkylation sites (N-methyl/N-ethyl adjacent to an activating group) is 1. The minimum absolute atomic E-state index is 0.136. The van der Waals surface area contributed by atoms with Crippen LogP contribution < -0.4 is 0 Å². The van der Waals surface area contributed by atoms with E-state index in [0.717, 1.165) is 44.1 Å². The van der Waals surface area contributed by atoms with Crippen LogP contribution in [0.1, 0.15) is 37.0 Å². The summed E-state index contributed by atoms with van der Waals surface area (Å²) in [6, 6.07) is 2.97. The Hall–Kier alpha value is -1.29. The summed E-state index contributed by atoms with van der Waals surface area (Å²) in [5.74, 6) is -1.62. The molecule has 0 amide bonds. The molecular formula is C14H19F2NO. The summed E-state index contributed by atoms with van der Waals surface area (Å²) in [4.78, 5) is 13.8. The summed E-state index contributed by atoms with van der Waals surface area (Å²) in [5.41, 5.74) is -0.162. The van der Waals surface area contributed by atoms with Gasteiger partial charge in [-0.25, -0.2) is 8.78 Å². The number of hydrogen-bond acceptors (Lipinski definition) is 2. The summed E-state index contributed by atoms with van der Waals surface area (Å²) < 4.78 is 26.4. The third-order valence-corrected chi connectivity index (χ3v) is 2.87. The molecule has 0 saturated carbocycles. The van der Waals surface area contributed by atoms with Gasteiger partial charge < -0.3 is 0 Å². The standard InChI is InChI=1S/C14H19F2NO/c1-3-5-8-17(4-2)10-14(18)12-9-11(15)6-7-13(12)16/h6-7,9H,3-5,8,10H2,1-2H3. The van der Waals surface area contributed by atoms with Gasteiger partial charge in [-0.05, 0) is 37.7 Å². The SMILES string of the molecule is CCCCN(CC)CC(=O)c1cc(F)ccc1F. The fraction of sp³-hybridized carbons (Fsp3) is 0.500. The normalized spacial score (nSPS) is 10.9. The quantitative estimate of drug-likeness (QED) is 0.697. The van der Waals surface area contributed by atoms with Gasteiger partial charge in [0.05, 0.1) is 12.1 Å². The molecule has 0 N–H and O–H groups in total. The van der Waals surface area contributed by atoms with Crippen LogP contribution in [0, 0.1) is 11.6 Å². The number of carbonyl (C=O) groups is 1. The van der Waals surface area contributed by atoms with Crippen LogP contribution in [-0.2, 0) is 0 Å². The van der Waals surface area contributed by atoms with Crippen LogP contribution in [0.2, 0.25) is 0 Å². The number of Topliss-reactive ketones (excluding diaryl/α,β-unsaturated/α-hetero) is 1. The fourth-order valence-corrected chi connectivity index (χ4v) is 1.73. The molecule has 0 aliphatic rings. The molecule has 0 bridgehead atoms. The Morgan fingerprint density at radius 1 is 1.28 bits per heavy atom. The number of carbonyl (C=O) groups excluding carboxylic acids is 1. The molecule has 18 heavy (non-hydrogen) atoms. The van der Waals surface area contributed by atoms with Crippen LogP contribution in [0.3, 0.4) is 0 Å². The van der Waals surface area contributed by atoms with Gasteiger partial charge in [0, 0.05) is 0 Å². The maximum Gasteiger partial charge on any atom is 0.179 e. The van der Waals surface area contributed by atoms with Crippen molar-refractivity contribution in [2.24, 2.45) is 0 Å². The van der Waals surface area contributed by atoms with Gasteiger partial charge in [0.15, 0.2) is 5.78 Å². The molecule has 1 rings (SSSR count). The molecule has 0 aliphatic heterocycles. The zero-order chi connectivity index (χ0) is 13.5. The Kier molecular flexibility index (Phi) is 5.92. The summed E-state index contributed by atoms with van der Waals surface area (Å²) in [7, 11) is 0. The van der Waals surface area contributed by atoms with Gasteiger partial charge in [-0.15, -0.1) is 0 Å². The van der Waals surface area contributed by atoms with Gasteiger partial charge in [-0.2, -0.15) is 0 Å². The van der Waals surface area contributed by atoms with Crippen molar-refractivity contribution in [1.82, 2.24) is 4.90 Å². The number of rotatable bonds is 7. The zero-order valence-electron chi connectivity index (χ0n) is 10.9. The Morgan fingerprint density at radius 2 is 2.00 bits per heavy atom. The summed E-state index contributed by atoms with van der Waals surface area (Å²) >= 11 is 0. The van der Waals surface area contributed by atoms with Crippen LogP contribution >= 0.6 is 0 Å². The molecule has 0 aliphatic carbocycles. The maximum absolute atomic E-state index is 13.4. The second kappa shape index (κ2) is 7.21. The Balaban J connectivity index is 2.71. The van der Waals surface area contributed by atoms with Crippen molar-refractivity contribution in [2.75, 3.05) is 19.6 Å². The molecule has 100 valence electrons. The lowest BCUT2D eigenvalue weighted by atomic mass is 10.1. The summed E-state index contributed by atoms with van der Waals surface area (Å²) in [6.45, 7) is 5.68. The van der Waals surface area contributed by atoms with Crippen molar-refractivity contribution in [3.8, 4) is 0 Å². The Morgan fingerprint density at radius 3 is 2.61 bits per heavy atom. The minimum Gasteiger partial charge on any atom is -0.296 e. The molecule has 1 aromatic carbocycles. The second-order valence-electron chi connectivity index (χ2n) is 4.27. The molecule has 1 aromatic rings. The average molecular weight is 255 g/mol. The van der Waals surface area contributed by atoms with Crippen molar-refractivity contribution < 1.29 is 13.6 Å². The predicted octanol–water partition coefficient (Wildman–Crippen LogP) is 3.27. The molecule has 0 radical (unpaired) electrons. The number of ketones is 1. The molecule has 0 heterocycles. The first-order valence-corrected chi connectivity index (χ1v) is 6.29. The van der Waals surface area contributed by atoms with Crippen LogP contribution in [0.4, 0.5) is 8.78 Å². The van der Waals surface area contributed by atoms with Crippen LogP contribution in [-0.4, -0.2) is 30.3 Å². The van der Waals surface area contributed by atoms with Gasteiger partial charge in [0.25, 0.3) is 0 Å². The average Bonchev–Trinajstić information content (AvgIpc) is 2.37. The Bertz CT molecular complexity index is 407. The van der Waals surface area contributed by atoms with Gasteiger partial charge in [-0.1, -0.05) is 20.3 Å². The lowest BCUT2D eigenvalue weighted by molar-refractivity contribution is 0.0928. The Labute approximate surface area is 107 Å².